The first-order valence-corrected chi connectivity index (χ1v) is 6.81. The summed E-state index contributed by atoms with van der Waals surface area (Å²) >= 11 is 0. The van der Waals surface area contributed by atoms with Crippen molar-refractivity contribution in [3.05, 3.63) is 59.7 Å². The minimum Gasteiger partial charge on any atom is -0.317 e. The molecule has 1 nitrogen and oxygen atoms in total. The van der Waals surface area contributed by atoms with Crippen molar-refractivity contribution in [1.82, 2.24) is 5.32 Å². The third-order valence-electron chi connectivity index (χ3n) is 3.51. The van der Waals surface area contributed by atoms with E-state index >= 15 is 0 Å². The molecule has 0 bridgehead atoms. The third-order valence-corrected chi connectivity index (χ3v) is 3.51. The fourth-order valence-electron chi connectivity index (χ4n) is 2.11. The van der Waals surface area contributed by atoms with Crippen molar-refractivity contribution in [3.8, 4) is 11.1 Å². The van der Waals surface area contributed by atoms with Crippen molar-refractivity contribution in [2.45, 2.75) is 25.8 Å². The molecule has 0 heterocycles. The number of benzene rings is 2. The lowest BCUT2D eigenvalue weighted by Gasteiger charge is -2.10. The Morgan fingerprint density at radius 1 is 0.950 bits per heavy atom. The molecule has 2 rings (SSSR count). The fourth-order valence-corrected chi connectivity index (χ4v) is 2.11. The normalized spacial score (nSPS) is 12.4. The molecule has 1 N–H and O–H groups in total. The van der Waals surface area contributed by atoms with Gasteiger partial charge in [0.2, 0.25) is 0 Å². The molecular weight excluding hydrogens is 256 g/mol. The van der Waals surface area contributed by atoms with E-state index in [9.17, 15) is 8.78 Å². The topological polar surface area (TPSA) is 12.0 Å². The number of hydrogen-bond acceptors (Lipinski definition) is 1. The highest BCUT2D eigenvalue weighted by Crippen LogP contribution is 2.22. The summed E-state index contributed by atoms with van der Waals surface area (Å²) in [5, 5.41) is 3.20. The largest absolute Gasteiger partial charge is 0.317 e. The number of aryl methyl sites for hydroxylation is 1. The van der Waals surface area contributed by atoms with Crippen molar-refractivity contribution >= 4 is 0 Å². The van der Waals surface area contributed by atoms with Crippen LogP contribution in [0.5, 0.6) is 0 Å². The van der Waals surface area contributed by atoms with Gasteiger partial charge in [0, 0.05) is 12.1 Å². The van der Waals surface area contributed by atoms with Gasteiger partial charge in [0.05, 0.1) is 0 Å². The number of hydrogen-bond donors (Lipinski definition) is 1. The molecule has 0 saturated heterocycles. The summed E-state index contributed by atoms with van der Waals surface area (Å²) in [4.78, 5) is 0. The lowest BCUT2D eigenvalue weighted by Crippen LogP contribution is -2.21. The molecule has 1 atom stereocenters. The molecular formula is C17H19F2N. The van der Waals surface area contributed by atoms with E-state index in [-0.39, 0.29) is 0 Å². The summed E-state index contributed by atoms with van der Waals surface area (Å²) in [7, 11) is 1.95. The van der Waals surface area contributed by atoms with Crippen LogP contribution in [0.3, 0.4) is 0 Å². The lowest BCUT2D eigenvalue weighted by atomic mass is 10.0. The molecule has 0 fully saturated rings. The third kappa shape index (κ3) is 3.87. The highest BCUT2D eigenvalue weighted by molar-refractivity contribution is 5.63. The summed E-state index contributed by atoms with van der Waals surface area (Å²) in [6.45, 7) is 2.14. The molecule has 0 radical (unpaired) electrons. The monoisotopic (exact) mass is 275 g/mol. The summed E-state index contributed by atoms with van der Waals surface area (Å²) in [5.74, 6) is -1.10. The standard InChI is InChI=1S/C17H19F2N/c1-12(20-2)3-4-13-5-7-14(8-6-13)15-9-16(18)11-17(19)10-15/h5-12,20H,3-4H2,1-2H3. The van der Waals surface area contributed by atoms with Gasteiger partial charge in [-0.2, -0.15) is 0 Å². The minimum absolute atomic E-state index is 0.479. The van der Waals surface area contributed by atoms with Gasteiger partial charge in [0.15, 0.2) is 0 Å². The molecule has 0 aliphatic rings. The summed E-state index contributed by atoms with van der Waals surface area (Å²) in [6.07, 6.45) is 2.05. The van der Waals surface area contributed by atoms with Crippen LogP contribution in [0.1, 0.15) is 18.9 Å². The van der Waals surface area contributed by atoms with E-state index in [4.69, 9.17) is 0 Å². The van der Waals surface area contributed by atoms with Crippen molar-refractivity contribution < 1.29 is 8.78 Å². The Labute approximate surface area is 118 Å². The van der Waals surface area contributed by atoms with Gasteiger partial charge in [-0.25, -0.2) is 8.78 Å². The average molecular weight is 275 g/mol. The van der Waals surface area contributed by atoms with Crippen LogP contribution in [-0.2, 0) is 6.42 Å². The van der Waals surface area contributed by atoms with Gasteiger partial charge in [-0.15, -0.1) is 0 Å². The lowest BCUT2D eigenvalue weighted by molar-refractivity contribution is 0.565. The van der Waals surface area contributed by atoms with Crippen molar-refractivity contribution in [1.29, 1.82) is 0 Å². The van der Waals surface area contributed by atoms with Gasteiger partial charge < -0.3 is 5.32 Å². The predicted octanol–water partition coefficient (Wildman–Crippen LogP) is 4.17. The van der Waals surface area contributed by atoms with Gasteiger partial charge in [0.1, 0.15) is 11.6 Å². The first-order chi connectivity index (χ1) is 9.58. The van der Waals surface area contributed by atoms with Crippen molar-refractivity contribution in [2.75, 3.05) is 7.05 Å². The highest BCUT2D eigenvalue weighted by atomic mass is 19.1. The molecule has 0 aromatic heterocycles. The van der Waals surface area contributed by atoms with Crippen molar-refractivity contribution in [2.24, 2.45) is 0 Å². The molecule has 106 valence electrons. The Bertz CT molecular complexity index is 543. The van der Waals surface area contributed by atoms with Crippen LogP contribution in [0.15, 0.2) is 42.5 Å². The maximum absolute atomic E-state index is 13.2. The Hall–Kier alpha value is -1.74. The van der Waals surface area contributed by atoms with E-state index in [0.29, 0.717) is 11.6 Å². The predicted molar refractivity (Wildman–Crippen MR) is 78.6 cm³/mol. The quantitative estimate of drug-likeness (QED) is 0.863. The second-order valence-corrected chi connectivity index (χ2v) is 5.08. The van der Waals surface area contributed by atoms with Crippen LogP contribution in [0.4, 0.5) is 8.78 Å². The van der Waals surface area contributed by atoms with E-state index in [1.807, 2.05) is 31.3 Å². The van der Waals surface area contributed by atoms with E-state index in [0.717, 1.165) is 24.5 Å². The molecule has 0 spiro atoms. The van der Waals surface area contributed by atoms with Crippen LogP contribution in [0.2, 0.25) is 0 Å². The minimum atomic E-state index is -0.549. The Morgan fingerprint density at radius 3 is 2.10 bits per heavy atom. The zero-order chi connectivity index (χ0) is 14.5. The molecule has 1 unspecified atom stereocenters. The Balaban J connectivity index is 2.11. The summed E-state index contributed by atoms with van der Waals surface area (Å²) in [6, 6.07) is 11.9. The number of halogens is 2. The first-order valence-electron chi connectivity index (χ1n) is 6.81. The Kier molecular flexibility index (Phi) is 4.85. The number of nitrogens with one attached hydrogen (secondary N) is 1. The van der Waals surface area contributed by atoms with Crippen LogP contribution >= 0.6 is 0 Å². The second kappa shape index (κ2) is 6.62. The van der Waals surface area contributed by atoms with Gasteiger partial charge in [-0.3, -0.25) is 0 Å². The fraction of sp³-hybridized carbons (Fsp3) is 0.294. The maximum atomic E-state index is 13.2. The van der Waals surface area contributed by atoms with Gasteiger partial charge >= 0.3 is 0 Å². The number of rotatable bonds is 5. The maximum Gasteiger partial charge on any atom is 0.126 e. The molecule has 20 heavy (non-hydrogen) atoms. The average Bonchev–Trinajstić information content (AvgIpc) is 2.44. The molecule has 0 aliphatic heterocycles. The summed E-state index contributed by atoms with van der Waals surface area (Å²) < 4.78 is 26.4. The highest BCUT2D eigenvalue weighted by Gasteiger charge is 2.04. The van der Waals surface area contributed by atoms with E-state index in [1.54, 1.807) is 0 Å². The van der Waals surface area contributed by atoms with Gasteiger partial charge in [-0.1, -0.05) is 24.3 Å². The van der Waals surface area contributed by atoms with Crippen LogP contribution < -0.4 is 5.32 Å². The zero-order valence-electron chi connectivity index (χ0n) is 11.8. The second-order valence-electron chi connectivity index (χ2n) is 5.08. The van der Waals surface area contributed by atoms with Crippen molar-refractivity contribution in [3.63, 3.8) is 0 Å². The first kappa shape index (κ1) is 14.7. The van der Waals surface area contributed by atoms with Gasteiger partial charge in [-0.05, 0) is 55.6 Å². The smallest absolute Gasteiger partial charge is 0.126 e. The van der Waals surface area contributed by atoms with E-state index in [2.05, 4.69) is 12.2 Å². The Morgan fingerprint density at radius 2 is 1.55 bits per heavy atom. The van der Waals surface area contributed by atoms with Gasteiger partial charge in [0.25, 0.3) is 0 Å². The van der Waals surface area contributed by atoms with E-state index in [1.165, 1.54) is 17.7 Å². The molecule has 0 aliphatic carbocycles. The van der Waals surface area contributed by atoms with Crippen LogP contribution in [0.25, 0.3) is 11.1 Å². The van der Waals surface area contributed by atoms with E-state index < -0.39 is 11.6 Å². The van der Waals surface area contributed by atoms with Crippen LogP contribution in [-0.4, -0.2) is 13.1 Å². The molecule has 0 amide bonds. The van der Waals surface area contributed by atoms with Crippen LogP contribution in [0, 0.1) is 11.6 Å². The molecule has 2 aromatic carbocycles. The molecule has 3 heteroatoms. The SMILES string of the molecule is CNC(C)CCc1ccc(-c2cc(F)cc(F)c2)cc1. The zero-order valence-corrected chi connectivity index (χ0v) is 11.8. The molecule has 2 aromatic rings. The molecule has 0 saturated carbocycles. The summed E-state index contributed by atoms with van der Waals surface area (Å²) in [5.41, 5.74) is 2.62.